The van der Waals surface area contributed by atoms with Gasteiger partial charge in [-0.2, -0.15) is 0 Å². The normalized spacial score (nSPS) is 23.5. The molecule has 100 valence electrons. The Morgan fingerprint density at radius 3 is 2.44 bits per heavy atom. The zero-order chi connectivity index (χ0) is 13.0. The predicted molar refractivity (Wildman–Crippen MR) is 75.5 cm³/mol. The fourth-order valence-electron chi connectivity index (χ4n) is 3.20. The molecule has 0 aliphatic heterocycles. The first-order valence-corrected chi connectivity index (χ1v) is 7.08. The quantitative estimate of drug-likeness (QED) is 0.838. The van der Waals surface area contributed by atoms with E-state index in [1.165, 1.54) is 36.0 Å². The Balaban J connectivity index is 1.81. The van der Waals surface area contributed by atoms with Crippen LogP contribution >= 0.6 is 0 Å². The van der Waals surface area contributed by atoms with E-state index in [1.807, 2.05) is 0 Å². The minimum absolute atomic E-state index is 0.357. The van der Waals surface area contributed by atoms with Crippen LogP contribution in [0.2, 0.25) is 0 Å². The summed E-state index contributed by atoms with van der Waals surface area (Å²) in [6.45, 7) is 6.63. The first-order valence-electron chi connectivity index (χ1n) is 7.08. The van der Waals surface area contributed by atoms with Crippen molar-refractivity contribution >= 4 is 0 Å². The van der Waals surface area contributed by atoms with Gasteiger partial charge >= 0.3 is 0 Å². The van der Waals surface area contributed by atoms with Gasteiger partial charge in [0, 0.05) is 13.2 Å². The van der Waals surface area contributed by atoms with Gasteiger partial charge in [-0.25, -0.2) is 0 Å². The van der Waals surface area contributed by atoms with Gasteiger partial charge in [0.1, 0.15) is 0 Å². The fraction of sp³-hybridized carbons (Fsp3) is 0.625. The second kappa shape index (κ2) is 6.35. The number of hydrogen-bond donors (Lipinski definition) is 2. The fourth-order valence-corrected chi connectivity index (χ4v) is 3.20. The Hall–Kier alpha value is -0.860. The van der Waals surface area contributed by atoms with Crippen molar-refractivity contribution in [3.8, 4) is 0 Å². The van der Waals surface area contributed by atoms with Gasteiger partial charge in [0.15, 0.2) is 0 Å². The highest BCUT2D eigenvalue weighted by Crippen LogP contribution is 2.30. The van der Waals surface area contributed by atoms with Crippen LogP contribution in [0.15, 0.2) is 18.2 Å². The molecule has 0 aromatic heterocycles. The molecule has 0 amide bonds. The van der Waals surface area contributed by atoms with Crippen LogP contribution in [0.5, 0.6) is 0 Å². The zero-order valence-corrected chi connectivity index (χ0v) is 11.6. The molecule has 0 spiro atoms. The first-order chi connectivity index (χ1) is 8.69. The van der Waals surface area contributed by atoms with Crippen molar-refractivity contribution in [2.24, 2.45) is 11.8 Å². The minimum Gasteiger partial charge on any atom is -0.396 e. The molecular weight excluding hydrogens is 222 g/mol. The average Bonchev–Trinajstić information content (AvgIpc) is 2.75. The van der Waals surface area contributed by atoms with Crippen molar-refractivity contribution in [1.82, 2.24) is 5.32 Å². The Kier molecular flexibility index (Phi) is 4.79. The summed E-state index contributed by atoms with van der Waals surface area (Å²) < 4.78 is 0. The lowest BCUT2D eigenvalue weighted by molar-refractivity contribution is 0.192. The molecule has 0 radical (unpaired) electrons. The highest BCUT2D eigenvalue weighted by Gasteiger charge is 2.25. The Morgan fingerprint density at radius 2 is 1.78 bits per heavy atom. The van der Waals surface area contributed by atoms with Crippen molar-refractivity contribution in [2.45, 2.75) is 39.7 Å². The van der Waals surface area contributed by atoms with Gasteiger partial charge in [0.25, 0.3) is 0 Å². The van der Waals surface area contributed by atoms with Crippen LogP contribution in [0.1, 0.15) is 36.0 Å². The lowest BCUT2D eigenvalue weighted by Crippen LogP contribution is -2.26. The largest absolute Gasteiger partial charge is 0.396 e. The number of aliphatic hydroxyl groups excluding tert-OH is 1. The van der Waals surface area contributed by atoms with Crippen molar-refractivity contribution in [3.63, 3.8) is 0 Å². The molecule has 2 atom stereocenters. The van der Waals surface area contributed by atoms with E-state index in [9.17, 15) is 5.11 Å². The maximum atomic E-state index is 9.30. The van der Waals surface area contributed by atoms with Gasteiger partial charge < -0.3 is 10.4 Å². The first kappa shape index (κ1) is 13.6. The zero-order valence-electron chi connectivity index (χ0n) is 11.6. The van der Waals surface area contributed by atoms with Crippen LogP contribution in [0, 0.1) is 25.7 Å². The highest BCUT2D eigenvalue weighted by atomic mass is 16.3. The molecule has 0 saturated heterocycles. The van der Waals surface area contributed by atoms with Crippen molar-refractivity contribution < 1.29 is 5.11 Å². The van der Waals surface area contributed by atoms with E-state index in [0.29, 0.717) is 18.4 Å². The van der Waals surface area contributed by atoms with Crippen molar-refractivity contribution in [2.75, 3.05) is 13.2 Å². The van der Waals surface area contributed by atoms with Gasteiger partial charge in [-0.1, -0.05) is 35.7 Å². The highest BCUT2D eigenvalue weighted by molar-refractivity contribution is 5.28. The monoisotopic (exact) mass is 247 g/mol. The van der Waals surface area contributed by atoms with Crippen molar-refractivity contribution in [3.05, 3.63) is 34.9 Å². The topological polar surface area (TPSA) is 32.3 Å². The number of rotatable bonds is 5. The smallest absolute Gasteiger partial charge is 0.0462 e. The van der Waals surface area contributed by atoms with Crippen molar-refractivity contribution in [1.29, 1.82) is 0 Å². The summed E-state index contributed by atoms with van der Waals surface area (Å²) in [5.41, 5.74) is 4.04. The molecule has 2 rings (SSSR count). The van der Waals surface area contributed by atoms with Crippen LogP contribution in [0.25, 0.3) is 0 Å². The van der Waals surface area contributed by atoms with E-state index < -0.39 is 0 Å². The third kappa shape index (κ3) is 3.56. The lowest BCUT2D eigenvalue weighted by Gasteiger charge is -2.18. The van der Waals surface area contributed by atoms with E-state index in [-0.39, 0.29) is 0 Å². The molecule has 0 heterocycles. The predicted octanol–water partition coefficient (Wildman–Crippen LogP) is 2.80. The molecular formula is C16H25NO. The maximum absolute atomic E-state index is 9.30. The molecule has 2 unspecified atom stereocenters. The summed E-state index contributed by atoms with van der Waals surface area (Å²) in [7, 11) is 0. The average molecular weight is 247 g/mol. The lowest BCUT2D eigenvalue weighted by atomic mass is 9.97. The second-order valence-corrected chi connectivity index (χ2v) is 5.76. The standard InChI is InChI=1S/C16H25NO/c1-12-6-13(2)8-14(7-12)9-17-10-15-4-3-5-16(15)11-18/h6-8,15-18H,3-5,9-11H2,1-2H3. The van der Waals surface area contributed by atoms with Crippen LogP contribution < -0.4 is 5.32 Å². The molecule has 1 saturated carbocycles. The summed E-state index contributed by atoms with van der Waals surface area (Å²) >= 11 is 0. The minimum atomic E-state index is 0.357. The molecule has 1 fully saturated rings. The SMILES string of the molecule is Cc1cc(C)cc(CNCC2CCCC2CO)c1. The summed E-state index contributed by atoms with van der Waals surface area (Å²) in [5.74, 6) is 1.19. The number of aryl methyl sites for hydroxylation is 2. The van der Waals surface area contributed by atoms with Gasteiger partial charge in [-0.15, -0.1) is 0 Å². The molecule has 1 aliphatic rings. The number of benzene rings is 1. The second-order valence-electron chi connectivity index (χ2n) is 5.76. The molecule has 1 aromatic carbocycles. The molecule has 2 heteroatoms. The van der Waals surface area contributed by atoms with E-state index in [4.69, 9.17) is 0 Å². The number of hydrogen-bond acceptors (Lipinski definition) is 2. The molecule has 1 aliphatic carbocycles. The Morgan fingerprint density at radius 1 is 1.11 bits per heavy atom. The van der Waals surface area contributed by atoms with E-state index in [0.717, 1.165) is 13.1 Å². The van der Waals surface area contributed by atoms with Crippen LogP contribution in [0.4, 0.5) is 0 Å². The Labute approximate surface area is 110 Å². The third-order valence-corrected chi connectivity index (χ3v) is 4.07. The summed E-state index contributed by atoms with van der Waals surface area (Å²) in [6.07, 6.45) is 3.75. The number of nitrogens with one attached hydrogen (secondary N) is 1. The Bertz CT molecular complexity index is 368. The van der Waals surface area contributed by atoms with Gasteiger partial charge in [-0.3, -0.25) is 0 Å². The summed E-state index contributed by atoms with van der Waals surface area (Å²) in [6, 6.07) is 6.71. The maximum Gasteiger partial charge on any atom is 0.0462 e. The van der Waals surface area contributed by atoms with Gasteiger partial charge in [-0.05, 0) is 50.6 Å². The number of aliphatic hydroxyl groups is 1. The summed E-state index contributed by atoms with van der Waals surface area (Å²) in [5, 5.41) is 12.8. The molecule has 2 N–H and O–H groups in total. The van der Waals surface area contributed by atoms with E-state index in [2.05, 4.69) is 37.4 Å². The van der Waals surface area contributed by atoms with Crippen LogP contribution in [0.3, 0.4) is 0 Å². The van der Waals surface area contributed by atoms with Crippen LogP contribution in [-0.2, 0) is 6.54 Å². The van der Waals surface area contributed by atoms with Crippen LogP contribution in [-0.4, -0.2) is 18.3 Å². The van der Waals surface area contributed by atoms with E-state index in [1.54, 1.807) is 0 Å². The van der Waals surface area contributed by atoms with E-state index >= 15 is 0 Å². The summed E-state index contributed by atoms with van der Waals surface area (Å²) in [4.78, 5) is 0. The molecule has 18 heavy (non-hydrogen) atoms. The molecule has 0 bridgehead atoms. The molecule has 1 aromatic rings. The van der Waals surface area contributed by atoms with Gasteiger partial charge in [0.2, 0.25) is 0 Å². The third-order valence-electron chi connectivity index (χ3n) is 4.07. The van der Waals surface area contributed by atoms with Gasteiger partial charge in [0.05, 0.1) is 0 Å². The molecule has 2 nitrogen and oxygen atoms in total.